The van der Waals surface area contributed by atoms with Gasteiger partial charge in [-0.2, -0.15) is 0 Å². The number of hydrogen-bond donors (Lipinski definition) is 0. The van der Waals surface area contributed by atoms with Gasteiger partial charge in [-0.15, -0.1) is 0 Å². The molecule has 1 amide bonds. The summed E-state index contributed by atoms with van der Waals surface area (Å²) in [5, 5.41) is 0. The van der Waals surface area contributed by atoms with Gasteiger partial charge in [0.05, 0.1) is 14.2 Å². The van der Waals surface area contributed by atoms with Crippen molar-refractivity contribution in [3.63, 3.8) is 0 Å². The van der Waals surface area contributed by atoms with Crippen molar-refractivity contribution < 1.29 is 19.0 Å². The van der Waals surface area contributed by atoms with Crippen molar-refractivity contribution in [2.45, 2.75) is 33.4 Å². The highest BCUT2D eigenvalue weighted by molar-refractivity contribution is 5.80. The smallest absolute Gasteiger partial charge is 0.263 e. The van der Waals surface area contributed by atoms with Crippen molar-refractivity contribution in [1.82, 2.24) is 4.90 Å². The van der Waals surface area contributed by atoms with E-state index >= 15 is 0 Å². The first-order valence-electron chi connectivity index (χ1n) is 8.71. The van der Waals surface area contributed by atoms with Crippen LogP contribution in [-0.2, 0) is 11.3 Å². The molecular weight excluding hydrogens is 330 g/mol. The molecule has 0 aliphatic rings. The van der Waals surface area contributed by atoms with Gasteiger partial charge >= 0.3 is 0 Å². The largest absolute Gasteiger partial charge is 0.493 e. The van der Waals surface area contributed by atoms with Crippen LogP contribution in [0.2, 0.25) is 0 Å². The molecule has 0 saturated heterocycles. The highest BCUT2D eigenvalue weighted by atomic mass is 16.5. The van der Waals surface area contributed by atoms with Crippen LogP contribution in [0.15, 0.2) is 42.5 Å². The summed E-state index contributed by atoms with van der Waals surface area (Å²) < 4.78 is 16.4. The summed E-state index contributed by atoms with van der Waals surface area (Å²) in [4.78, 5) is 14.5. The Balaban J connectivity index is 2.06. The van der Waals surface area contributed by atoms with Crippen LogP contribution < -0.4 is 14.2 Å². The molecule has 1 atom stereocenters. The van der Waals surface area contributed by atoms with Crippen LogP contribution >= 0.6 is 0 Å². The van der Waals surface area contributed by atoms with Crippen LogP contribution in [0, 0.1) is 6.92 Å². The molecule has 0 heterocycles. The molecule has 5 nitrogen and oxygen atoms in total. The maximum atomic E-state index is 12.8. The number of likely N-dealkylation sites (N-methyl/N-ethyl adjacent to an activating group) is 1. The third-order valence-corrected chi connectivity index (χ3v) is 4.20. The monoisotopic (exact) mass is 357 g/mol. The quantitative estimate of drug-likeness (QED) is 0.720. The lowest BCUT2D eigenvalue weighted by atomic mass is 10.1. The lowest BCUT2D eigenvalue weighted by molar-refractivity contribution is -0.138. The van der Waals surface area contributed by atoms with E-state index in [-0.39, 0.29) is 5.91 Å². The Bertz CT molecular complexity index is 727. The molecule has 0 aliphatic heterocycles. The van der Waals surface area contributed by atoms with Gasteiger partial charge in [-0.1, -0.05) is 23.8 Å². The first-order chi connectivity index (χ1) is 12.5. The molecule has 26 heavy (non-hydrogen) atoms. The minimum Gasteiger partial charge on any atom is -0.493 e. The molecule has 0 bridgehead atoms. The summed E-state index contributed by atoms with van der Waals surface area (Å²) in [5.74, 6) is 1.96. The summed E-state index contributed by atoms with van der Waals surface area (Å²) in [6.07, 6.45) is -0.558. The molecule has 2 rings (SSSR count). The van der Waals surface area contributed by atoms with Crippen LogP contribution in [0.4, 0.5) is 0 Å². The average Bonchev–Trinajstić information content (AvgIpc) is 2.67. The second-order valence-electron chi connectivity index (χ2n) is 6.11. The van der Waals surface area contributed by atoms with Crippen LogP contribution in [0.3, 0.4) is 0 Å². The van der Waals surface area contributed by atoms with Gasteiger partial charge in [0.1, 0.15) is 5.75 Å². The molecule has 0 saturated carbocycles. The standard InChI is InChI=1S/C21H27NO4/c1-6-22(14-17-9-12-19(24-4)20(13-17)25-5)21(23)16(3)26-18-10-7-15(2)8-11-18/h7-13,16H,6,14H2,1-5H3. The number of ether oxygens (including phenoxy) is 3. The number of aryl methyl sites for hydroxylation is 1. The topological polar surface area (TPSA) is 48.0 Å². The Labute approximate surface area is 155 Å². The minimum atomic E-state index is -0.558. The van der Waals surface area contributed by atoms with E-state index in [4.69, 9.17) is 14.2 Å². The predicted molar refractivity (Wildman–Crippen MR) is 102 cm³/mol. The molecule has 0 aliphatic carbocycles. The Morgan fingerprint density at radius 3 is 2.27 bits per heavy atom. The number of hydrogen-bond acceptors (Lipinski definition) is 4. The maximum absolute atomic E-state index is 12.8. The highest BCUT2D eigenvalue weighted by Crippen LogP contribution is 2.28. The van der Waals surface area contributed by atoms with Crippen molar-refractivity contribution in [3.8, 4) is 17.2 Å². The number of carbonyl (C=O) groups excluding carboxylic acids is 1. The first-order valence-corrected chi connectivity index (χ1v) is 8.71. The van der Waals surface area contributed by atoms with Crippen molar-refractivity contribution in [2.75, 3.05) is 20.8 Å². The molecule has 1 unspecified atom stereocenters. The molecule has 0 aromatic heterocycles. The van der Waals surface area contributed by atoms with Gasteiger partial charge in [0, 0.05) is 13.1 Å². The average molecular weight is 357 g/mol. The first kappa shape index (κ1) is 19.6. The summed E-state index contributed by atoms with van der Waals surface area (Å²) in [5.41, 5.74) is 2.13. The highest BCUT2D eigenvalue weighted by Gasteiger charge is 2.21. The Kier molecular flexibility index (Phi) is 6.89. The molecule has 0 N–H and O–H groups in total. The van der Waals surface area contributed by atoms with Gasteiger partial charge in [-0.05, 0) is 50.6 Å². The summed E-state index contributed by atoms with van der Waals surface area (Å²) in [6, 6.07) is 13.4. The number of carbonyl (C=O) groups is 1. The van der Waals surface area contributed by atoms with Crippen LogP contribution in [0.5, 0.6) is 17.2 Å². The Morgan fingerprint density at radius 2 is 1.69 bits per heavy atom. The van der Waals surface area contributed by atoms with Crippen molar-refractivity contribution in [1.29, 1.82) is 0 Å². The third kappa shape index (κ3) is 4.91. The van der Waals surface area contributed by atoms with E-state index in [0.717, 1.165) is 11.1 Å². The molecule has 2 aromatic carbocycles. The van der Waals surface area contributed by atoms with E-state index in [9.17, 15) is 4.79 Å². The number of benzene rings is 2. The zero-order chi connectivity index (χ0) is 19.1. The SMILES string of the molecule is CCN(Cc1ccc(OC)c(OC)c1)C(=O)C(C)Oc1ccc(C)cc1. The summed E-state index contributed by atoms with van der Waals surface area (Å²) in [7, 11) is 3.20. The van der Waals surface area contributed by atoms with Crippen LogP contribution in [-0.4, -0.2) is 37.7 Å². The molecule has 2 aromatic rings. The van der Waals surface area contributed by atoms with Gasteiger partial charge in [-0.3, -0.25) is 4.79 Å². The van der Waals surface area contributed by atoms with Crippen LogP contribution in [0.25, 0.3) is 0 Å². The zero-order valence-electron chi connectivity index (χ0n) is 16.1. The van der Waals surface area contributed by atoms with Gasteiger partial charge in [0.25, 0.3) is 5.91 Å². The lowest BCUT2D eigenvalue weighted by Crippen LogP contribution is -2.40. The minimum absolute atomic E-state index is 0.0529. The fraction of sp³-hybridized carbons (Fsp3) is 0.381. The normalized spacial score (nSPS) is 11.6. The van der Waals surface area contributed by atoms with E-state index in [2.05, 4.69) is 0 Å². The maximum Gasteiger partial charge on any atom is 0.263 e. The zero-order valence-corrected chi connectivity index (χ0v) is 16.1. The van der Waals surface area contributed by atoms with E-state index in [0.29, 0.717) is 30.3 Å². The summed E-state index contributed by atoms with van der Waals surface area (Å²) >= 11 is 0. The fourth-order valence-electron chi connectivity index (χ4n) is 2.67. The van der Waals surface area contributed by atoms with Gasteiger partial charge in [0.2, 0.25) is 0 Å². The van der Waals surface area contributed by atoms with E-state index < -0.39 is 6.10 Å². The van der Waals surface area contributed by atoms with E-state index in [1.165, 1.54) is 0 Å². The summed E-state index contributed by atoms with van der Waals surface area (Å²) in [6.45, 7) is 6.82. The predicted octanol–water partition coefficient (Wildman–Crippen LogP) is 3.83. The molecule has 140 valence electrons. The molecule has 0 radical (unpaired) electrons. The molecular formula is C21H27NO4. The molecule has 0 spiro atoms. The van der Waals surface area contributed by atoms with Crippen molar-refractivity contribution >= 4 is 5.91 Å². The second kappa shape index (κ2) is 9.13. The van der Waals surface area contributed by atoms with Crippen molar-refractivity contribution in [2.24, 2.45) is 0 Å². The van der Waals surface area contributed by atoms with E-state index in [1.807, 2.05) is 56.3 Å². The van der Waals surface area contributed by atoms with Crippen LogP contribution in [0.1, 0.15) is 25.0 Å². The van der Waals surface area contributed by atoms with Gasteiger partial charge in [0.15, 0.2) is 17.6 Å². The lowest BCUT2D eigenvalue weighted by Gasteiger charge is -2.25. The van der Waals surface area contributed by atoms with Gasteiger partial charge < -0.3 is 19.1 Å². The Hall–Kier alpha value is -2.69. The van der Waals surface area contributed by atoms with E-state index in [1.54, 1.807) is 26.0 Å². The molecule has 0 fully saturated rings. The number of amides is 1. The fourth-order valence-corrected chi connectivity index (χ4v) is 2.67. The third-order valence-electron chi connectivity index (χ3n) is 4.20. The number of methoxy groups -OCH3 is 2. The number of nitrogens with zero attached hydrogens (tertiary/aromatic N) is 1. The number of rotatable bonds is 8. The molecule has 5 heteroatoms. The second-order valence-corrected chi connectivity index (χ2v) is 6.11. The Morgan fingerprint density at radius 1 is 1.04 bits per heavy atom. The van der Waals surface area contributed by atoms with Gasteiger partial charge in [-0.25, -0.2) is 0 Å². The van der Waals surface area contributed by atoms with Crippen molar-refractivity contribution in [3.05, 3.63) is 53.6 Å².